The van der Waals surface area contributed by atoms with E-state index in [0.717, 1.165) is 43.0 Å². The van der Waals surface area contributed by atoms with Crippen LogP contribution in [0, 0.1) is 0 Å². The van der Waals surface area contributed by atoms with E-state index in [2.05, 4.69) is 25.4 Å². The minimum Gasteiger partial charge on any atom is -0.508 e. The van der Waals surface area contributed by atoms with Crippen LogP contribution in [0.4, 0.5) is 4.79 Å². The van der Waals surface area contributed by atoms with Crippen molar-refractivity contribution in [2.24, 2.45) is 0 Å². The van der Waals surface area contributed by atoms with Gasteiger partial charge in [-0.1, -0.05) is 12.1 Å². The highest BCUT2D eigenvalue weighted by atomic mass is 16.3. The first-order chi connectivity index (χ1) is 11.5. The first kappa shape index (κ1) is 16.3. The maximum absolute atomic E-state index is 12.2. The van der Waals surface area contributed by atoms with Crippen LogP contribution in [-0.2, 0) is 13.0 Å². The van der Waals surface area contributed by atoms with E-state index in [9.17, 15) is 9.90 Å². The van der Waals surface area contributed by atoms with Crippen LogP contribution in [0.1, 0.15) is 56.0 Å². The predicted octanol–water partition coefficient (Wildman–Crippen LogP) is 2.44. The van der Waals surface area contributed by atoms with Gasteiger partial charge in [0.2, 0.25) is 0 Å². The van der Waals surface area contributed by atoms with Crippen LogP contribution >= 0.6 is 0 Å². The Balaban J connectivity index is 1.61. The topological polar surface area (TPSA) is 92.1 Å². The minimum absolute atomic E-state index is 0.185. The van der Waals surface area contributed by atoms with Crippen LogP contribution in [0.2, 0.25) is 0 Å². The quantitative estimate of drug-likeness (QED) is 0.803. The smallest absolute Gasteiger partial charge is 0.315 e. The highest BCUT2D eigenvalue weighted by Crippen LogP contribution is 2.20. The number of phenols is 1. The van der Waals surface area contributed by atoms with Crippen LogP contribution in [0.25, 0.3) is 0 Å². The molecule has 2 heterocycles. The maximum Gasteiger partial charge on any atom is 0.315 e. The number of hydrogen-bond acceptors (Lipinski definition) is 4. The number of urea groups is 1. The van der Waals surface area contributed by atoms with E-state index in [-0.39, 0.29) is 23.9 Å². The maximum atomic E-state index is 12.2. The Kier molecular flexibility index (Phi) is 4.69. The predicted molar refractivity (Wildman–Crippen MR) is 89.6 cm³/mol. The van der Waals surface area contributed by atoms with Crippen molar-refractivity contribution in [2.75, 3.05) is 0 Å². The number of rotatable bonds is 4. The molecule has 1 aliphatic heterocycles. The van der Waals surface area contributed by atoms with Gasteiger partial charge in [0, 0.05) is 13.0 Å². The van der Waals surface area contributed by atoms with Crippen molar-refractivity contribution in [3.8, 4) is 5.75 Å². The van der Waals surface area contributed by atoms with Crippen LogP contribution in [0.15, 0.2) is 24.3 Å². The second-order valence-corrected chi connectivity index (χ2v) is 6.24. The van der Waals surface area contributed by atoms with Gasteiger partial charge in [0.05, 0.1) is 12.1 Å². The minimum atomic E-state index is -0.272. The van der Waals surface area contributed by atoms with Gasteiger partial charge < -0.3 is 20.3 Å². The zero-order chi connectivity index (χ0) is 17.1. The Bertz CT molecular complexity index is 728. The number of amides is 2. The number of hydrogen-bond donors (Lipinski definition) is 3. The standard InChI is InChI=1S/C17H23N5O2/c1-11(13-6-5-7-14(23)10-13)18-17(24)19-12(2)16-21-20-15-8-3-4-9-22(15)16/h5-7,10-12,23H,3-4,8-9H2,1-2H3,(H2,18,19,24)/t11-,12+/m0/s1. The number of carbonyl (C=O) groups is 1. The summed E-state index contributed by atoms with van der Waals surface area (Å²) in [5.74, 6) is 1.98. The van der Waals surface area contributed by atoms with Crippen molar-refractivity contribution in [1.82, 2.24) is 25.4 Å². The van der Waals surface area contributed by atoms with Crippen molar-refractivity contribution in [2.45, 2.75) is 51.7 Å². The van der Waals surface area contributed by atoms with Gasteiger partial charge >= 0.3 is 6.03 Å². The van der Waals surface area contributed by atoms with Gasteiger partial charge in [-0.3, -0.25) is 0 Å². The molecule has 128 valence electrons. The van der Waals surface area contributed by atoms with Crippen LogP contribution < -0.4 is 10.6 Å². The fourth-order valence-corrected chi connectivity index (χ4v) is 3.03. The normalized spacial score (nSPS) is 16.1. The Hall–Kier alpha value is -2.57. The molecule has 1 aromatic heterocycles. The molecule has 1 aromatic carbocycles. The van der Waals surface area contributed by atoms with Crippen molar-refractivity contribution in [1.29, 1.82) is 0 Å². The molecular formula is C17H23N5O2. The van der Waals surface area contributed by atoms with Crippen LogP contribution in [-0.4, -0.2) is 25.9 Å². The lowest BCUT2D eigenvalue weighted by molar-refractivity contribution is 0.234. The van der Waals surface area contributed by atoms with Crippen molar-refractivity contribution in [3.05, 3.63) is 41.5 Å². The van der Waals surface area contributed by atoms with Gasteiger partial charge in [-0.25, -0.2) is 4.79 Å². The number of aryl methyl sites for hydroxylation is 1. The Morgan fingerprint density at radius 2 is 2.00 bits per heavy atom. The number of aromatic hydroxyl groups is 1. The second-order valence-electron chi connectivity index (χ2n) is 6.24. The third-order valence-corrected chi connectivity index (χ3v) is 4.34. The van der Waals surface area contributed by atoms with Gasteiger partial charge in [0.1, 0.15) is 11.6 Å². The number of carbonyl (C=O) groups excluding carboxylic acids is 1. The average Bonchev–Trinajstić information content (AvgIpc) is 2.98. The van der Waals surface area contributed by atoms with Gasteiger partial charge in [0.15, 0.2) is 5.82 Å². The summed E-state index contributed by atoms with van der Waals surface area (Å²) in [5, 5.41) is 23.8. The molecule has 0 saturated heterocycles. The summed E-state index contributed by atoms with van der Waals surface area (Å²) in [5.41, 5.74) is 0.845. The van der Waals surface area contributed by atoms with E-state index >= 15 is 0 Å². The van der Waals surface area contributed by atoms with E-state index in [1.54, 1.807) is 18.2 Å². The number of benzene rings is 1. The first-order valence-corrected chi connectivity index (χ1v) is 8.32. The lowest BCUT2D eigenvalue weighted by Gasteiger charge is -2.20. The van der Waals surface area contributed by atoms with Crippen molar-refractivity contribution < 1.29 is 9.90 Å². The number of phenolic OH excluding ortho intramolecular Hbond substituents is 1. The Morgan fingerprint density at radius 3 is 2.79 bits per heavy atom. The number of aromatic nitrogens is 3. The molecule has 0 spiro atoms. The summed E-state index contributed by atoms with van der Waals surface area (Å²) in [6.07, 6.45) is 3.20. The molecule has 1 aliphatic rings. The molecular weight excluding hydrogens is 306 g/mol. The Labute approximate surface area is 141 Å². The van der Waals surface area contributed by atoms with Gasteiger partial charge in [-0.15, -0.1) is 10.2 Å². The highest BCUT2D eigenvalue weighted by Gasteiger charge is 2.21. The molecule has 0 bridgehead atoms. The molecule has 0 unspecified atom stereocenters. The van der Waals surface area contributed by atoms with Crippen molar-refractivity contribution >= 4 is 6.03 Å². The monoisotopic (exact) mass is 329 g/mol. The molecule has 0 saturated carbocycles. The van der Waals surface area contributed by atoms with Crippen LogP contribution in [0.5, 0.6) is 5.75 Å². The zero-order valence-corrected chi connectivity index (χ0v) is 14.0. The molecule has 0 aliphatic carbocycles. The summed E-state index contributed by atoms with van der Waals surface area (Å²) in [6, 6.07) is 6.16. The van der Waals surface area contributed by atoms with Crippen LogP contribution in [0.3, 0.4) is 0 Å². The summed E-state index contributed by atoms with van der Waals surface area (Å²) in [6.45, 7) is 4.69. The summed E-state index contributed by atoms with van der Waals surface area (Å²) < 4.78 is 2.10. The number of nitrogens with zero attached hydrogens (tertiary/aromatic N) is 3. The van der Waals surface area contributed by atoms with Gasteiger partial charge in [-0.05, 0) is 44.4 Å². The van der Waals surface area contributed by atoms with E-state index in [1.165, 1.54) is 0 Å². The molecule has 2 amide bonds. The lowest BCUT2D eigenvalue weighted by atomic mass is 10.1. The largest absolute Gasteiger partial charge is 0.508 e. The molecule has 3 N–H and O–H groups in total. The molecule has 0 fully saturated rings. The highest BCUT2D eigenvalue weighted by molar-refractivity contribution is 5.74. The third-order valence-electron chi connectivity index (χ3n) is 4.34. The second kappa shape index (κ2) is 6.90. The van der Waals surface area contributed by atoms with Gasteiger partial charge in [0.25, 0.3) is 0 Å². The molecule has 2 atom stereocenters. The van der Waals surface area contributed by atoms with Gasteiger partial charge in [-0.2, -0.15) is 0 Å². The molecule has 0 radical (unpaired) electrons. The summed E-state index contributed by atoms with van der Waals surface area (Å²) in [7, 11) is 0. The fraction of sp³-hybridized carbons (Fsp3) is 0.471. The molecule has 7 nitrogen and oxygen atoms in total. The molecule has 2 aromatic rings. The average molecular weight is 329 g/mol. The first-order valence-electron chi connectivity index (χ1n) is 8.32. The number of fused-ring (bicyclic) bond motifs is 1. The zero-order valence-electron chi connectivity index (χ0n) is 14.0. The van der Waals surface area contributed by atoms with E-state index in [0.29, 0.717) is 0 Å². The molecule has 24 heavy (non-hydrogen) atoms. The fourth-order valence-electron chi connectivity index (χ4n) is 3.03. The van der Waals surface area contributed by atoms with E-state index < -0.39 is 0 Å². The SMILES string of the molecule is C[C@H](NC(=O)N[C@H](C)c1nnc2n1CCCC2)c1cccc(O)c1. The third kappa shape index (κ3) is 3.50. The number of nitrogens with one attached hydrogen (secondary N) is 2. The molecule has 3 rings (SSSR count). The molecule has 7 heteroatoms. The van der Waals surface area contributed by atoms with E-state index in [4.69, 9.17) is 0 Å². The van der Waals surface area contributed by atoms with E-state index in [1.807, 2.05) is 19.9 Å². The summed E-state index contributed by atoms with van der Waals surface area (Å²) >= 11 is 0. The summed E-state index contributed by atoms with van der Waals surface area (Å²) in [4.78, 5) is 12.2. The lowest BCUT2D eigenvalue weighted by Crippen LogP contribution is -2.39. The Morgan fingerprint density at radius 1 is 1.21 bits per heavy atom. The van der Waals surface area contributed by atoms with Crippen molar-refractivity contribution in [3.63, 3.8) is 0 Å².